The summed E-state index contributed by atoms with van der Waals surface area (Å²) in [5, 5.41) is 9.05. The number of fused-ring (bicyclic) bond motifs is 1. The molecular formula is C19H29N5O6PS+. The molecule has 0 amide bonds. The zero-order valence-corrected chi connectivity index (χ0v) is 20.1. The summed E-state index contributed by atoms with van der Waals surface area (Å²) >= 11 is 1.04. The molecule has 32 heavy (non-hydrogen) atoms. The van der Waals surface area contributed by atoms with E-state index in [1.165, 1.54) is 6.33 Å². The number of aliphatic hydroxyl groups is 1. The van der Waals surface area contributed by atoms with Gasteiger partial charge in [-0.25, -0.2) is 15.0 Å². The van der Waals surface area contributed by atoms with E-state index in [-0.39, 0.29) is 43.2 Å². The summed E-state index contributed by atoms with van der Waals surface area (Å²) in [6.45, 7) is 5.54. The van der Waals surface area contributed by atoms with Gasteiger partial charge in [0.1, 0.15) is 31.3 Å². The summed E-state index contributed by atoms with van der Waals surface area (Å²) in [4.78, 5) is 24.4. The number of carbonyl (C=O) groups excluding carboxylic acids is 1. The van der Waals surface area contributed by atoms with Crippen LogP contribution in [0.3, 0.4) is 0 Å². The van der Waals surface area contributed by atoms with Crippen molar-refractivity contribution in [2.45, 2.75) is 45.9 Å². The summed E-state index contributed by atoms with van der Waals surface area (Å²) in [5.41, 5.74) is 6.22. The third kappa shape index (κ3) is 6.00. The van der Waals surface area contributed by atoms with Crippen molar-refractivity contribution in [2.24, 2.45) is 11.3 Å². The number of hydrogen-bond donors (Lipinski definition) is 2. The molecule has 13 heteroatoms. The van der Waals surface area contributed by atoms with Crippen LogP contribution in [0, 0.1) is 11.3 Å². The minimum atomic E-state index is -2.27. The molecule has 3 heterocycles. The summed E-state index contributed by atoms with van der Waals surface area (Å²) in [5.74, 6) is 0.884. The maximum Gasteiger partial charge on any atom is 0.697 e. The maximum atomic E-state index is 11.9. The number of nitrogens with zero attached hydrogens (tertiary/aromatic N) is 4. The highest BCUT2D eigenvalue weighted by atomic mass is 32.2. The van der Waals surface area contributed by atoms with Crippen molar-refractivity contribution in [3.63, 3.8) is 0 Å². The minimum Gasteiger partial charge on any atom is -0.395 e. The van der Waals surface area contributed by atoms with Crippen molar-refractivity contribution in [3.8, 4) is 0 Å². The smallest absolute Gasteiger partial charge is 0.395 e. The number of thioether (sulfide) groups is 1. The fraction of sp³-hybridized carbons (Fsp3) is 0.684. The lowest BCUT2D eigenvalue weighted by Crippen LogP contribution is -2.26. The minimum absolute atomic E-state index is 0.0658. The van der Waals surface area contributed by atoms with Crippen LogP contribution in [0.15, 0.2) is 12.7 Å². The Balaban J connectivity index is 1.38. The average Bonchev–Trinajstić information content (AvgIpc) is 3.34. The Morgan fingerprint density at radius 1 is 1.38 bits per heavy atom. The first-order valence-electron chi connectivity index (χ1n) is 10.3. The molecule has 0 saturated carbocycles. The van der Waals surface area contributed by atoms with Gasteiger partial charge in [0, 0.05) is 22.7 Å². The number of nitrogen functional groups attached to an aromatic ring is 1. The normalized spacial score (nSPS) is 21.9. The summed E-state index contributed by atoms with van der Waals surface area (Å²) in [7, 11) is -2.27. The Hall–Kier alpha value is -1.69. The first-order valence-corrected chi connectivity index (χ1v) is 12.4. The molecule has 1 aliphatic rings. The van der Waals surface area contributed by atoms with E-state index in [0.29, 0.717) is 29.2 Å². The monoisotopic (exact) mass is 486 g/mol. The first kappa shape index (κ1) is 24.9. The number of hydrogen-bond acceptors (Lipinski definition) is 11. The molecule has 0 aromatic carbocycles. The SMILES string of the molecule is CC1CC(CCO[P+](=O)OCCSC(=O)C(C)(C)CO)OC1n1cnc2c(N)ncnc21. The van der Waals surface area contributed by atoms with Crippen molar-refractivity contribution < 1.29 is 28.3 Å². The van der Waals surface area contributed by atoms with Crippen molar-refractivity contribution in [1.82, 2.24) is 19.5 Å². The van der Waals surface area contributed by atoms with Gasteiger partial charge in [0.15, 0.2) is 16.6 Å². The van der Waals surface area contributed by atoms with E-state index in [0.717, 1.165) is 18.2 Å². The van der Waals surface area contributed by atoms with Crippen LogP contribution >= 0.6 is 20.0 Å². The number of aromatic nitrogens is 4. The molecule has 1 aliphatic heterocycles. The van der Waals surface area contributed by atoms with E-state index in [1.807, 2.05) is 4.57 Å². The van der Waals surface area contributed by atoms with Crippen molar-refractivity contribution >= 4 is 42.1 Å². The predicted octanol–water partition coefficient (Wildman–Crippen LogP) is 2.69. The average molecular weight is 487 g/mol. The molecule has 1 saturated heterocycles. The van der Waals surface area contributed by atoms with Crippen LogP contribution in [0.2, 0.25) is 0 Å². The molecule has 3 N–H and O–H groups in total. The zero-order chi connectivity index (χ0) is 23.3. The summed E-state index contributed by atoms with van der Waals surface area (Å²) in [6, 6.07) is 0. The molecule has 11 nitrogen and oxygen atoms in total. The van der Waals surface area contributed by atoms with Crippen LogP contribution < -0.4 is 5.73 Å². The molecule has 0 aliphatic carbocycles. The number of carbonyl (C=O) groups is 1. The summed E-state index contributed by atoms with van der Waals surface area (Å²) in [6.07, 6.45) is 4.13. The largest absolute Gasteiger partial charge is 0.697 e. The molecular weight excluding hydrogens is 457 g/mol. The highest BCUT2D eigenvalue weighted by Crippen LogP contribution is 2.37. The van der Waals surface area contributed by atoms with Gasteiger partial charge in [-0.05, 0) is 20.3 Å². The van der Waals surface area contributed by atoms with Crippen LogP contribution in [0.25, 0.3) is 11.2 Å². The highest BCUT2D eigenvalue weighted by Gasteiger charge is 2.35. The molecule has 3 rings (SSSR count). The Kier molecular flexibility index (Phi) is 8.54. The number of ether oxygens (including phenoxy) is 1. The van der Waals surface area contributed by atoms with Crippen molar-refractivity contribution in [3.05, 3.63) is 12.7 Å². The third-order valence-electron chi connectivity index (χ3n) is 5.21. The first-order chi connectivity index (χ1) is 15.2. The second-order valence-corrected chi connectivity index (χ2v) is 10.3. The van der Waals surface area contributed by atoms with Gasteiger partial charge in [0.25, 0.3) is 0 Å². The Morgan fingerprint density at radius 3 is 2.88 bits per heavy atom. The number of aliphatic hydroxyl groups excluding tert-OH is 1. The zero-order valence-electron chi connectivity index (χ0n) is 18.3. The Labute approximate surface area is 191 Å². The molecule has 0 bridgehead atoms. The van der Waals surface area contributed by atoms with Crippen LogP contribution in [0.4, 0.5) is 5.82 Å². The lowest BCUT2D eigenvalue weighted by Gasteiger charge is -2.18. The van der Waals surface area contributed by atoms with E-state index in [4.69, 9.17) is 19.5 Å². The second-order valence-electron chi connectivity index (χ2n) is 8.30. The van der Waals surface area contributed by atoms with Crippen LogP contribution in [0.5, 0.6) is 0 Å². The van der Waals surface area contributed by atoms with E-state index >= 15 is 0 Å². The van der Waals surface area contributed by atoms with Gasteiger partial charge in [-0.1, -0.05) is 18.7 Å². The van der Waals surface area contributed by atoms with Gasteiger partial charge in [-0.2, -0.15) is 0 Å². The third-order valence-corrected chi connectivity index (χ3v) is 7.18. The molecule has 0 radical (unpaired) electrons. The van der Waals surface area contributed by atoms with Gasteiger partial charge >= 0.3 is 8.25 Å². The lowest BCUT2D eigenvalue weighted by molar-refractivity contribution is -0.119. The van der Waals surface area contributed by atoms with E-state index in [9.17, 15) is 14.5 Å². The fourth-order valence-electron chi connectivity index (χ4n) is 3.30. The predicted molar refractivity (Wildman–Crippen MR) is 120 cm³/mol. The second kappa shape index (κ2) is 11.0. The number of rotatable bonds is 11. The number of nitrogens with two attached hydrogens (primary N) is 1. The molecule has 4 atom stereocenters. The van der Waals surface area contributed by atoms with Crippen molar-refractivity contribution in [2.75, 3.05) is 31.3 Å². The molecule has 176 valence electrons. The standard InChI is InChI=1S/C19H29N5O6PS/c1-12-8-13(30-17(12)24-11-23-14-15(20)21-10-22-16(14)24)4-5-28-31(27)29-6-7-32-18(26)19(2,3)9-25/h10-13,17,25H,4-9H2,1-3H3,(H2,20,21,22)/q+1. The van der Waals surface area contributed by atoms with Crippen LogP contribution in [-0.4, -0.2) is 61.4 Å². The van der Waals surface area contributed by atoms with Gasteiger partial charge in [0.2, 0.25) is 0 Å². The molecule has 0 spiro atoms. The number of anilines is 1. The van der Waals surface area contributed by atoms with E-state index < -0.39 is 13.7 Å². The highest BCUT2D eigenvalue weighted by molar-refractivity contribution is 8.13. The molecule has 1 fully saturated rings. The Bertz CT molecular complexity index is 957. The van der Waals surface area contributed by atoms with E-state index in [1.54, 1.807) is 20.2 Å². The molecule has 2 aromatic heterocycles. The van der Waals surface area contributed by atoms with Crippen LogP contribution in [-0.2, 0) is 23.1 Å². The molecule has 4 unspecified atom stereocenters. The molecule has 2 aromatic rings. The van der Waals surface area contributed by atoms with Gasteiger partial charge < -0.3 is 15.6 Å². The Morgan fingerprint density at radius 2 is 2.12 bits per heavy atom. The topological polar surface area (TPSA) is 152 Å². The summed E-state index contributed by atoms with van der Waals surface area (Å²) < 4.78 is 30.3. The lowest BCUT2D eigenvalue weighted by atomic mass is 9.97. The van der Waals surface area contributed by atoms with Gasteiger partial charge in [-0.15, -0.1) is 9.05 Å². The fourth-order valence-corrected chi connectivity index (χ4v) is 4.80. The quantitative estimate of drug-likeness (QED) is 0.356. The van der Waals surface area contributed by atoms with Gasteiger partial charge in [0.05, 0.1) is 24.5 Å². The van der Waals surface area contributed by atoms with Gasteiger partial charge in [-0.3, -0.25) is 9.36 Å². The van der Waals surface area contributed by atoms with Crippen LogP contribution in [0.1, 0.15) is 39.8 Å². The maximum absolute atomic E-state index is 11.9. The number of imidazole rings is 1. The van der Waals surface area contributed by atoms with E-state index in [2.05, 4.69) is 21.9 Å². The van der Waals surface area contributed by atoms with Crippen molar-refractivity contribution in [1.29, 1.82) is 0 Å².